The molecule has 0 unspecified atom stereocenters. The van der Waals surface area contributed by atoms with Gasteiger partial charge in [0, 0.05) is 13.1 Å². The van der Waals surface area contributed by atoms with Crippen LogP contribution in [0.5, 0.6) is 0 Å². The Morgan fingerprint density at radius 1 is 1.30 bits per heavy atom. The number of fused-ring (bicyclic) bond motifs is 1. The number of imidazole rings is 1. The lowest BCUT2D eigenvalue weighted by molar-refractivity contribution is -0.120. The highest BCUT2D eigenvalue weighted by Gasteiger charge is 2.15. The molecule has 0 atom stereocenters. The highest BCUT2D eigenvalue weighted by Crippen LogP contribution is 2.19. The number of ether oxygens (including phenoxy) is 1. The van der Waals surface area contributed by atoms with Crippen molar-refractivity contribution in [2.45, 2.75) is 39.7 Å². The first kappa shape index (κ1) is 17.0. The number of rotatable bonds is 7. The van der Waals surface area contributed by atoms with E-state index < -0.39 is 5.97 Å². The zero-order valence-corrected chi connectivity index (χ0v) is 13.9. The first-order valence-electron chi connectivity index (χ1n) is 7.94. The van der Waals surface area contributed by atoms with E-state index in [-0.39, 0.29) is 12.3 Å². The van der Waals surface area contributed by atoms with Crippen LogP contribution in [0.3, 0.4) is 0 Å². The van der Waals surface area contributed by atoms with E-state index in [1.165, 1.54) is 7.11 Å². The second kappa shape index (κ2) is 7.76. The second-order valence-electron chi connectivity index (χ2n) is 5.35. The Morgan fingerprint density at radius 3 is 2.74 bits per heavy atom. The van der Waals surface area contributed by atoms with Gasteiger partial charge >= 0.3 is 5.97 Å². The largest absolute Gasteiger partial charge is 0.465 e. The van der Waals surface area contributed by atoms with E-state index in [2.05, 4.69) is 17.2 Å². The molecule has 124 valence electrons. The average molecular weight is 317 g/mol. The van der Waals surface area contributed by atoms with E-state index in [1.54, 1.807) is 12.1 Å². The molecule has 0 bridgehead atoms. The summed E-state index contributed by atoms with van der Waals surface area (Å²) in [6.07, 6.45) is 2.25. The highest BCUT2D eigenvalue weighted by atomic mass is 16.5. The standard InChI is InChI=1S/C17H23N3O3/c1-4-6-9-18-16(21)11-15-19-13-10-12(17(22)23-3)7-8-14(13)20(15)5-2/h7-8,10H,4-6,9,11H2,1-3H3,(H,18,21). The third-order valence-electron chi connectivity index (χ3n) is 3.74. The van der Waals surface area contributed by atoms with Crippen LogP contribution in [0, 0.1) is 0 Å². The fraction of sp³-hybridized carbons (Fsp3) is 0.471. The van der Waals surface area contributed by atoms with Crippen LogP contribution < -0.4 is 5.32 Å². The monoisotopic (exact) mass is 317 g/mol. The number of carbonyl (C=O) groups is 2. The number of hydrogen-bond donors (Lipinski definition) is 1. The molecular formula is C17H23N3O3. The summed E-state index contributed by atoms with van der Waals surface area (Å²) in [7, 11) is 1.35. The molecule has 0 aliphatic heterocycles. The zero-order valence-electron chi connectivity index (χ0n) is 13.9. The lowest BCUT2D eigenvalue weighted by atomic mass is 10.2. The molecule has 1 amide bonds. The number of aromatic nitrogens is 2. The molecule has 2 rings (SSSR count). The van der Waals surface area contributed by atoms with E-state index in [4.69, 9.17) is 4.74 Å². The van der Waals surface area contributed by atoms with Crippen LogP contribution in [0.1, 0.15) is 42.9 Å². The third-order valence-corrected chi connectivity index (χ3v) is 3.74. The molecule has 0 fully saturated rings. The number of amides is 1. The molecule has 0 aliphatic rings. The van der Waals surface area contributed by atoms with Gasteiger partial charge in [-0.25, -0.2) is 9.78 Å². The van der Waals surface area contributed by atoms with Gasteiger partial charge in [0.05, 0.1) is 30.1 Å². The quantitative estimate of drug-likeness (QED) is 0.628. The summed E-state index contributed by atoms with van der Waals surface area (Å²) < 4.78 is 6.73. The van der Waals surface area contributed by atoms with E-state index in [0.29, 0.717) is 30.0 Å². The predicted molar refractivity (Wildman–Crippen MR) is 88.4 cm³/mol. The van der Waals surface area contributed by atoms with Crippen LogP contribution in [0.4, 0.5) is 0 Å². The van der Waals surface area contributed by atoms with Gasteiger partial charge in [0.1, 0.15) is 5.82 Å². The van der Waals surface area contributed by atoms with E-state index >= 15 is 0 Å². The van der Waals surface area contributed by atoms with Crippen molar-refractivity contribution in [2.75, 3.05) is 13.7 Å². The number of nitrogens with one attached hydrogen (secondary N) is 1. The topological polar surface area (TPSA) is 73.2 Å². The number of esters is 1. The van der Waals surface area contributed by atoms with Gasteiger partial charge < -0.3 is 14.6 Å². The van der Waals surface area contributed by atoms with Crippen molar-refractivity contribution in [1.82, 2.24) is 14.9 Å². The molecule has 1 aromatic heterocycles. The van der Waals surface area contributed by atoms with Crippen LogP contribution in [0.25, 0.3) is 11.0 Å². The van der Waals surface area contributed by atoms with Crippen LogP contribution in [0.15, 0.2) is 18.2 Å². The fourth-order valence-electron chi connectivity index (χ4n) is 2.52. The summed E-state index contributed by atoms with van der Waals surface area (Å²) in [5.74, 6) is 0.284. The highest BCUT2D eigenvalue weighted by molar-refractivity contribution is 5.93. The molecule has 6 nitrogen and oxygen atoms in total. The number of carbonyl (C=O) groups excluding carboxylic acids is 2. The fourth-order valence-corrected chi connectivity index (χ4v) is 2.52. The number of hydrogen-bond acceptors (Lipinski definition) is 4. The van der Waals surface area contributed by atoms with Gasteiger partial charge in [-0.15, -0.1) is 0 Å². The molecule has 2 aromatic rings. The SMILES string of the molecule is CCCCNC(=O)Cc1nc2cc(C(=O)OC)ccc2n1CC. The van der Waals surface area contributed by atoms with Gasteiger partial charge in [-0.2, -0.15) is 0 Å². The molecule has 0 spiro atoms. The normalized spacial score (nSPS) is 10.7. The molecule has 1 aromatic carbocycles. The Morgan fingerprint density at radius 2 is 2.09 bits per heavy atom. The Balaban J connectivity index is 2.25. The summed E-state index contributed by atoms with van der Waals surface area (Å²) in [5.41, 5.74) is 2.07. The number of methoxy groups -OCH3 is 1. The Bertz CT molecular complexity index is 706. The van der Waals surface area contributed by atoms with Gasteiger partial charge in [0.2, 0.25) is 5.91 Å². The lowest BCUT2D eigenvalue weighted by Gasteiger charge is -2.07. The lowest BCUT2D eigenvalue weighted by Crippen LogP contribution is -2.27. The molecule has 0 saturated carbocycles. The van der Waals surface area contributed by atoms with E-state index in [0.717, 1.165) is 18.4 Å². The summed E-state index contributed by atoms with van der Waals surface area (Å²) >= 11 is 0. The third kappa shape index (κ3) is 3.88. The zero-order chi connectivity index (χ0) is 16.8. The first-order chi connectivity index (χ1) is 11.1. The molecule has 0 aliphatic carbocycles. The minimum absolute atomic E-state index is 0.0309. The number of benzene rings is 1. The van der Waals surface area contributed by atoms with Gasteiger partial charge in [0.25, 0.3) is 0 Å². The van der Waals surface area contributed by atoms with Crippen molar-refractivity contribution in [3.05, 3.63) is 29.6 Å². The van der Waals surface area contributed by atoms with Crippen LogP contribution in [0.2, 0.25) is 0 Å². The smallest absolute Gasteiger partial charge is 0.337 e. The Kier molecular flexibility index (Phi) is 5.73. The van der Waals surface area contributed by atoms with Crippen LogP contribution >= 0.6 is 0 Å². The molecule has 6 heteroatoms. The van der Waals surface area contributed by atoms with E-state index in [9.17, 15) is 9.59 Å². The van der Waals surface area contributed by atoms with Gasteiger partial charge in [-0.3, -0.25) is 4.79 Å². The summed E-state index contributed by atoms with van der Waals surface area (Å²) in [6.45, 7) is 5.50. The Hall–Kier alpha value is -2.37. The van der Waals surface area contributed by atoms with Crippen molar-refractivity contribution in [2.24, 2.45) is 0 Å². The maximum Gasteiger partial charge on any atom is 0.337 e. The van der Waals surface area contributed by atoms with Gasteiger partial charge in [-0.05, 0) is 31.5 Å². The first-order valence-corrected chi connectivity index (χ1v) is 7.94. The summed E-state index contributed by atoms with van der Waals surface area (Å²) in [5, 5.41) is 2.90. The molecule has 23 heavy (non-hydrogen) atoms. The van der Waals surface area contributed by atoms with Crippen LogP contribution in [-0.2, 0) is 22.5 Å². The van der Waals surface area contributed by atoms with Crippen LogP contribution in [-0.4, -0.2) is 35.1 Å². The average Bonchev–Trinajstić information content (AvgIpc) is 2.90. The molecule has 1 N–H and O–H groups in total. The second-order valence-corrected chi connectivity index (χ2v) is 5.35. The molecule has 0 saturated heterocycles. The van der Waals surface area contributed by atoms with Crippen molar-refractivity contribution < 1.29 is 14.3 Å². The number of nitrogens with zero attached hydrogens (tertiary/aromatic N) is 2. The number of unbranched alkanes of at least 4 members (excludes halogenated alkanes) is 1. The van der Waals surface area contributed by atoms with Crippen molar-refractivity contribution in [3.8, 4) is 0 Å². The van der Waals surface area contributed by atoms with Gasteiger partial charge in [0.15, 0.2) is 0 Å². The maximum atomic E-state index is 12.0. The molecule has 0 radical (unpaired) electrons. The van der Waals surface area contributed by atoms with E-state index in [1.807, 2.05) is 17.6 Å². The Labute approximate surface area is 135 Å². The summed E-state index contributed by atoms with van der Waals surface area (Å²) in [4.78, 5) is 28.2. The summed E-state index contributed by atoms with van der Waals surface area (Å²) in [6, 6.07) is 5.26. The predicted octanol–water partition coefficient (Wildman–Crippen LogP) is 2.30. The van der Waals surface area contributed by atoms with Gasteiger partial charge in [-0.1, -0.05) is 13.3 Å². The van der Waals surface area contributed by atoms with Crippen molar-refractivity contribution in [3.63, 3.8) is 0 Å². The molecule has 1 heterocycles. The minimum atomic E-state index is -0.392. The number of aryl methyl sites for hydroxylation is 1. The van der Waals surface area contributed by atoms with Crippen molar-refractivity contribution >= 4 is 22.9 Å². The van der Waals surface area contributed by atoms with Crippen molar-refractivity contribution in [1.29, 1.82) is 0 Å². The maximum absolute atomic E-state index is 12.0. The minimum Gasteiger partial charge on any atom is -0.465 e. The molecular weight excluding hydrogens is 294 g/mol.